The first-order valence-electron chi connectivity index (χ1n) is 8.06. The number of rotatable bonds is 5. The second-order valence-electron chi connectivity index (χ2n) is 6.26. The topological polar surface area (TPSA) is 198 Å². The monoisotopic (exact) mass is 383 g/mol. The first-order chi connectivity index (χ1) is 12.2. The van der Waals surface area contributed by atoms with Crippen molar-refractivity contribution < 1.29 is 54.8 Å². The van der Waals surface area contributed by atoms with Gasteiger partial charge in [0, 0.05) is 6.92 Å². The SMILES string of the molecule is CC(=O)N[C@@H]1[C@@H](OC2O[C@H](CO)[C@H](O)[C@H](O)[C@H]2O)[C@@H](O)[C@@H](CO)O[C@H]1O. The maximum absolute atomic E-state index is 11.4. The largest absolute Gasteiger partial charge is 0.394 e. The van der Waals surface area contributed by atoms with E-state index in [2.05, 4.69) is 5.32 Å². The van der Waals surface area contributed by atoms with Crippen molar-refractivity contribution in [1.82, 2.24) is 5.32 Å². The van der Waals surface area contributed by atoms with Crippen LogP contribution in [-0.4, -0.2) is 116 Å². The second-order valence-corrected chi connectivity index (χ2v) is 6.26. The van der Waals surface area contributed by atoms with Gasteiger partial charge in [-0.3, -0.25) is 4.79 Å². The Labute approximate surface area is 148 Å². The summed E-state index contributed by atoms with van der Waals surface area (Å²) in [5.41, 5.74) is 0. The molecule has 0 aromatic rings. The van der Waals surface area contributed by atoms with Crippen LogP contribution in [0.2, 0.25) is 0 Å². The molecule has 1 unspecified atom stereocenters. The van der Waals surface area contributed by atoms with Gasteiger partial charge >= 0.3 is 0 Å². The van der Waals surface area contributed by atoms with Crippen LogP contribution >= 0.6 is 0 Å². The zero-order valence-electron chi connectivity index (χ0n) is 14.0. The molecule has 2 heterocycles. The minimum atomic E-state index is -1.74. The van der Waals surface area contributed by atoms with Crippen molar-refractivity contribution in [2.45, 2.75) is 68.3 Å². The molecule has 2 saturated heterocycles. The van der Waals surface area contributed by atoms with Gasteiger partial charge in [-0.15, -0.1) is 0 Å². The lowest BCUT2D eigenvalue weighted by Gasteiger charge is -2.46. The minimum Gasteiger partial charge on any atom is -0.394 e. The number of amides is 1. The van der Waals surface area contributed by atoms with E-state index in [9.17, 15) is 40.5 Å². The van der Waals surface area contributed by atoms with E-state index in [0.29, 0.717) is 0 Å². The van der Waals surface area contributed by atoms with Gasteiger partial charge in [-0.25, -0.2) is 0 Å². The molecule has 2 fully saturated rings. The highest BCUT2D eigenvalue weighted by atomic mass is 16.7. The van der Waals surface area contributed by atoms with Gasteiger partial charge in [0.2, 0.25) is 5.91 Å². The fraction of sp³-hybridized carbons (Fsp3) is 0.929. The molecular weight excluding hydrogens is 358 g/mol. The Kier molecular flexibility index (Phi) is 7.27. The maximum Gasteiger partial charge on any atom is 0.217 e. The van der Waals surface area contributed by atoms with Gasteiger partial charge < -0.3 is 55.3 Å². The van der Waals surface area contributed by atoms with Crippen LogP contribution in [0.4, 0.5) is 0 Å². The molecule has 26 heavy (non-hydrogen) atoms. The van der Waals surface area contributed by atoms with Crippen LogP contribution in [0.1, 0.15) is 6.92 Å². The fourth-order valence-corrected chi connectivity index (χ4v) is 2.97. The summed E-state index contributed by atoms with van der Waals surface area (Å²) in [6.45, 7) is -0.195. The van der Waals surface area contributed by atoms with E-state index in [1.807, 2.05) is 0 Å². The molecule has 0 saturated carbocycles. The van der Waals surface area contributed by atoms with Gasteiger partial charge in [-0.2, -0.15) is 0 Å². The molecule has 8 N–H and O–H groups in total. The molecule has 0 bridgehead atoms. The van der Waals surface area contributed by atoms with Crippen LogP contribution in [0.25, 0.3) is 0 Å². The van der Waals surface area contributed by atoms with Gasteiger partial charge in [0.25, 0.3) is 0 Å². The van der Waals surface area contributed by atoms with Crippen LogP contribution in [0.3, 0.4) is 0 Å². The van der Waals surface area contributed by atoms with Crippen molar-refractivity contribution in [2.75, 3.05) is 13.2 Å². The van der Waals surface area contributed by atoms with Gasteiger partial charge in [0.05, 0.1) is 13.2 Å². The molecule has 0 spiro atoms. The molecule has 0 aromatic heterocycles. The van der Waals surface area contributed by atoms with Crippen LogP contribution in [0, 0.1) is 0 Å². The van der Waals surface area contributed by atoms with E-state index < -0.39 is 80.5 Å². The summed E-state index contributed by atoms with van der Waals surface area (Å²) in [4.78, 5) is 11.4. The summed E-state index contributed by atoms with van der Waals surface area (Å²) in [6.07, 6.45) is -13.7. The Morgan fingerprint density at radius 2 is 1.50 bits per heavy atom. The van der Waals surface area contributed by atoms with Crippen LogP contribution in [-0.2, 0) is 19.0 Å². The van der Waals surface area contributed by atoms with Crippen molar-refractivity contribution in [3.8, 4) is 0 Å². The number of nitrogens with one attached hydrogen (secondary N) is 1. The maximum atomic E-state index is 11.4. The zero-order valence-corrected chi connectivity index (χ0v) is 14.0. The van der Waals surface area contributed by atoms with Crippen LogP contribution in [0.15, 0.2) is 0 Å². The lowest BCUT2D eigenvalue weighted by Crippen LogP contribution is -2.67. The highest BCUT2D eigenvalue weighted by Gasteiger charge is 2.50. The van der Waals surface area contributed by atoms with Crippen molar-refractivity contribution in [2.24, 2.45) is 0 Å². The van der Waals surface area contributed by atoms with Gasteiger partial charge in [0.15, 0.2) is 12.6 Å². The molecule has 0 aliphatic carbocycles. The van der Waals surface area contributed by atoms with E-state index in [-0.39, 0.29) is 0 Å². The quantitative estimate of drug-likeness (QED) is 0.226. The number of aliphatic hydroxyl groups excluding tert-OH is 7. The van der Waals surface area contributed by atoms with E-state index in [1.54, 1.807) is 0 Å². The molecule has 12 heteroatoms. The molecule has 2 rings (SSSR count). The first-order valence-corrected chi connectivity index (χ1v) is 8.06. The third kappa shape index (κ3) is 4.31. The van der Waals surface area contributed by atoms with Gasteiger partial charge in [0.1, 0.15) is 48.8 Å². The number of carbonyl (C=O) groups is 1. The Bertz CT molecular complexity index is 478. The number of ether oxygens (including phenoxy) is 3. The Balaban J connectivity index is 2.21. The number of aliphatic hydroxyl groups is 7. The molecule has 0 aromatic carbocycles. The van der Waals surface area contributed by atoms with Crippen molar-refractivity contribution >= 4 is 5.91 Å². The number of hydrogen-bond donors (Lipinski definition) is 8. The third-order valence-electron chi connectivity index (χ3n) is 4.38. The van der Waals surface area contributed by atoms with E-state index in [0.717, 1.165) is 6.92 Å². The number of carbonyl (C=O) groups excluding carboxylic acids is 1. The Hall–Kier alpha value is -0.930. The molecule has 152 valence electrons. The average Bonchev–Trinajstić information content (AvgIpc) is 2.60. The number of hydrogen-bond acceptors (Lipinski definition) is 11. The predicted octanol–water partition coefficient (Wildman–Crippen LogP) is -5.25. The molecule has 2 aliphatic heterocycles. The lowest BCUT2D eigenvalue weighted by atomic mass is 9.95. The normalized spacial score (nSPS) is 46.8. The van der Waals surface area contributed by atoms with Crippen molar-refractivity contribution in [3.63, 3.8) is 0 Å². The summed E-state index contributed by atoms with van der Waals surface area (Å²) in [5.74, 6) is -0.574. The van der Waals surface area contributed by atoms with Crippen LogP contribution in [0.5, 0.6) is 0 Å². The summed E-state index contributed by atoms with van der Waals surface area (Å²) < 4.78 is 15.7. The average molecular weight is 383 g/mol. The fourth-order valence-electron chi connectivity index (χ4n) is 2.97. The summed E-state index contributed by atoms with van der Waals surface area (Å²) in [5, 5.41) is 70.7. The smallest absolute Gasteiger partial charge is 0.217 e. The van der Waals surface area contributed by atoms with E-state index >= 15 is 0 Å². The Morgan fingerprint density at radius 3 is 2.04 bits per heavy atom. The summed E-state index contributed by atoms with van der Waals surface area (Å²) >= 11 is 0. The van der Waals surface area contributed by atoms with Crippen molar-refractivity contribution in [1.29, 1.82) is 0 Å². The zero-order chi connectivity index (χ0) is 19.6. The molecule has 0 radical (unpaired) electrons. The van der Waals surface area contributed by atoms with Crippen LogP contribution < -0.4 is 5.32 Å². The summed E-state index contributed by atoms with van der Waals surface area (Å²) in [7, 11) is 0. The molecule has 1 amide bonds. The lowest BCUT2D eigenvalue weighted by molar-refractivity contribution is -0.341. The first kappa shape index (κ1) is 21.4. The highest BCUT2D eigenvalue weighted by molar-refractivity contribution is 5.73. The Morgan fingerprint density at radius 1 is 0.923 bits per heavy atom. The predicted molar refractivity (Wildman–Crippen MR) is 80.2 cm³/mol. The molecular formula is C14H25NO11. The molecule has 10 atom stereocenters. The third-order valence-corrected chi connectivity index (χ3v) is 4.38. The summed E-state index contributed by atoms with van der Waals surface area (Å²) in [6, 6.07) is -1.28. The van der Waals surface area contributed by atoms with Gasteiger partial charge in [-0.1, -0.05) is 0 Å². The van der Waals surface area contributed by atoms with Gasteiger partial charge in [-0.05, 0) is 0 Å². The highest BCUT2D eigenvalue weighted by Crippen LogP contribution is 2.28. The van der Waals surface area contributed by atoms with E-state index in [1.165, 1.54) is 0 Å². The minimum absolute atomic E-state index is 0.574. The van der Waals surface area contributed by atoms with E-state index in [4.69, 9.17) is 14.2 Å². The second kappa shape index (κ2) is 8.84. The standard InChI is InChI=1S/C14H25NO11/c1-4(18)15-7-12(9(20)6(3-17)24-13(7)23)26-14-11(22)10(21)8(19)5(2-16)25-14/h5-14,16-17,19-23H,2-3H2,1H3,(H,15,18)/t5-,6-,7-,8+,9+,10+,11-,12-,13-,14?/m1/s1. The van der Waals surface area contributed by atoms with Crippen molar-refractivity contribution in [3.05, 3.63) is 0 Å². The molecule has 12 nitrogen and oxygen atoms in total. The molecule has 2 aliphatic rings.